The summed E-state index contributed by atoms with van der Waals surface area (Å²) in [5.41, 5.74) is 3.96. The van der Waals surface area contributed by atoms with Crippen molar-refractivity contribution in [2.24, 2.45) is 5.10 Å². The van der Waals surface area contributed by atoms with Gasteiger partial charge in [0.15, 0.2) is 0 Å². The highest BCUT2D eigenvalue weighted by Gasteiger charge is 2.26. The maximum absolute atomic E-state index is 11.9. The first-order chi connectivity index (χ1) is 13.4. The van der Waals surface area contributed by atoms with E-state index in [4.69, 9.17) is 4.42 Å². The summed E-state index contributed by atoms with van der Waals surface area (Å²) in [7, 11) is 0. The second-order valence-corrected chi connectivity index (χ2v) is 8.93. The zero-order valence-corrected chi connectivity index (χ0v) is 17.8. The van der Waals surface area contributed by atoms with Crippen LogP contribution in [0.5, 0.6) is 5.75 Å². The van der Waals surface area contributed by atoms with Gasteiger partial charge in [0.1, 0.15) is 11.5 Å². The van der Waals surface area contributed by atoms with Gasteiger partial charge in [0.05, 0.1) is 19.0 Å². The third-order valence-corrected chi connectivity index (χ3v) is 4.34. The first-order valence-electron chi connectivity index (χ1n) is 9.41. The Morgan fingerprint density at radius 2 is 1.66 bits per heavy atom. The number of rotatable bonds is 4. The second-order valence-electron chi connectivity index (χ2n) is 8.93. The second kappa shape index (κ2) is 8.51. The Kier molecular flexibility index (Phi) is 6.51. The highest BCUT2D eigenvalue weighted by molar-refractivity contribution is 6.35. The third-order valence-electron chi connectivity index (χ3n) is 4.34. The Labute approximate surface area is 171 Å². The molecule has 0 spiro atoms. The van der Waals surface area contributed by atoms with E-state index in [9.17, 15) is 14.7 Å². The number of phenolic OH excluding ortho intramolecular Hbond substituents is 1. The summed E-state index contributed by atoms with van der Waals surface area (Å²) in [6.07, 6.45) is 2.95. The molecule has 7 nitrogen and oxygen atoms in total. The van der Waals surface area contributed by atoms with Crippen molar-refractivity contribution in [1.29, 1.82) is 0 Å². The first-order valence-corrected chi connectivity index (χ1v) is 9.41. The van der Waals surface area contributed by atoms with Gasteiger partial charge in [0.2, 0.25) is 0 Å². The summed E-state index contributed by atoms with van der Waals surface area (Å²) < 4.78 is 5.09. The molecule has 0 aliphatic carbocycles. The number of nitrogens with one attached hydrogen (secondary N) is 2. The van der Waals surface area contributed by atoms with Crippen LogP contribution in [0, 0.1) is 0 Å². The monoisotopic (exact) mass is 399 g/mol. The standard InChI is InChI=1S/C22H29N3O4/c1-21(2,3)16-10-14(11-17(18(16)26)22(4,5)6)12-24-25-20(28)19(27)23-13-15-8-7-9-29-15/h7-12,26H,13H2,1-6H3,(H,23,27)(H,25,28)/b24-12+. The van der Waals surface area contributed by atoms with Crippen molar-refractivity contribution >= 4 is 18.0 Å². The molecule has 156 valence electrons. The van der Waals surface area contributed by atoms with Crippen molar-refractivity contribution < 1.29 is 19.1 Å². The molecule has 0 radical (unpaired) electrons. The Hall–Kier alpha value is -3.09. The average Bonchev–Trinajstić information content (AvgIpc) is 3.12. The van der Waals surface area contributed by atoms with Crippen LogP contribution in [0.25, 0.3) is 0 Å². The molecule has 0 saturated heterocycles. The third kappa shape index (κ3) is 5.94. The molecule has 2 amide bonds. The number of amides is 2. The molecule has 2 aromatic rings. The maximum atomic E-state index is 11.9. The van der Waals surface area contributed by atoms with Crippen LogP contribution in [-0.4, -0.2) is 23.1 Å². The summed E-state index contributed by atoms with van der Waals surface area (Å²) >= 11 is 0. The van der Waals surface area contributed by atoms with Crippen LogP contribution in [0.3, 0.4) is 0 Å². The molecule has 1 heterocycles. The molecule has 2 rings (SSSR count). The number of furan rings is 1. The van der Waals surface area contributed by atoms with Gasteiger partial charge < -0.3 is 14.8 Å². The van der Waals surface area contributed by atoms with Gasteiger partial charge in [-0.15, -0.1) is 0 Å². The van der Waals surface area contributed by atoms with Gasteiger partial charge in [-0.25, -0.2) is 5.43 Å². The predicted octanol–water partition coefficient (Wildman–Crippen LogP) is 3.35. The average molecular weight is 399 g/mol. The zero-order chi connectivity index (χ0) is 21.8. The highest BCUT2D eigenvalue weighted by atomic mass is 16.3. The zero-order valence-electron chi connectivity index (χ0n) is 17.8. The molecule has 0 saturated carbocycles. The first kappa shape index (κ1) is 22.2. The molecule has 0 fully saturated rings. The Morgan fingerprint density at radius 3 is 2.14 bits per heavy atom. The molecule has 29 heavy (non-hydrogen) atoms. The SMILES string of the molecule is CC(C)(C)c1cc(/C=N/NC(=O)C(=O)NCc2ccco2)cc(C(C)(C)C)c1O. The van der Waals surface area contributed by atoms with Crippen LogP contribution in [0.2, 0.25) is 0 Å². The number of hydrogen-bond donors (Lipinski definition) is 3. The molecule has 0 aliphatic rings. The highest BCUT2D eigenvalue weighted by Crippen LogP contribution is 2.39. The fourth-order valence-electron chi connectivity index (χ4n) is 2.75. The van der Waals surface area contributed by atoms with Crippen molar-refractivity contribution in [3.05, 3.63) is 53.0 Å². The molecule has 1 aromatic carbocycles. The number of carbonyl (C=O) groups excluding carboxylic acids is 2. The number of aromatic hydroxyl groups is 1. The van der Waals surface area contributed by atoms with E-state index >= 15 is 0 Å². The van der Waals surface area contributed by atoms with Gasteiger partial charge in [0, 0.05) is 11.1 Å². The fraction of sp³-hybridized carbons (Fsp3) is 0.409. The molecule has 3 N–H and O–H groups in total. The Balaban J connectivity index is 2.13. The summed E-state index contributed by atoms with van der Waals surface area (Å²) in [5, 5.41) is 17.1. The molecule has 0 atom stereocenters. The predicted molar refractivity (Wildman–Crippen MR) is 112 cm³/mol. The van der Waals surface area contributed by atoms with Crippen molar-refractivity contribution in [2.75, 3.05) is 0 Å². The fourth-order valence-corrected chi connectivity index (χ4v) is 2.75. The van der Waals surface area contributed by atoms with Gasteiger partial charge in [-0.2, -0.15) is 5.10 Å². The number of nitrogens with zero attached hydrogens (tertiary/aromatic N) is 1. The lowest BCUT2D eigenvalue weighted by molar-refractivity contribution is -0.139. The van der Waals surface area contributed by atoms with Crippen molar-refractivity contribution in [3.63, 3.8) is 0 Å². The van der Waals surface area contributed by atoms with Crippen LogP contribution >= 0.6 is 0 Å². The van der Waals surface area contributed by atoms with Gasteiger partial charge in [-0.3, -0.25) is 9.59 Å². The molecule has 0 aliphatic heterocycles. The molecular weight excluding hydrogens is 370 g/mol. The number of hydrogen-bond acceptors (Lipinski definition) is 5. The maximum Gasteiger partial charge on any atom is 0.329 e. The summed E-state index contributed by atoms with van der Waals surface area (Å²) in [6, 6.07) is 7.05. The number of benzene rings is 1. The molecule has 0 unspecified atom stereocenters. The van der Waals surface area contributed by atoms with E-state index in [1.807, 2.05) is 53.7 Å². The molecule has 1 aromatic heterocycles. The van der Waals surface area contributed by atoms with Gasteiger partial charge in [-0.05, 0) is 40.7 Å². The minimum atomic E-state index is -0.876. The van der Waals surface area contributed by atoms with E-state index in [-0.39, 0.29) is 23.1 Å². The van der Waals surface area contributed by atoms with Crippen molar-refractivity contribution in [2.45, 2.75) is 58.9 Å². The lowest BCUT2D eigenvalue weighted by Gasteiger charge is -2.27. The molecule has 7 heteroatoms. The molecular formula is C22H29N3O4. The van der Waals surface area contributed by atoms with Gasteiger partial charge in [0.25, 0.3) is 0 Å². The normalized spacial score (nSPS) is 12.2. The minimum Gasteiger partial charge on any atom is -0.507 e. The summed E-state index contributed by atoms with van der Waals surface area (Å²) in [5.74, 6) is -0.875. The topological polar surface area (TPSA) is 104 Å². The Bertz CT molecular complexity index is 866. The van der Waals surface area contributed by atoms with E-state index in [0.29, 0.717) is 11.3 Å². The lowest BCUT2D eigenvalue weighted by Crippen LogP contribution is -2.37. The minimum absolute atomic E-state index is 0.116. The van der Waals surface area contributed by atoms with E-state index in [1.54, 1.807) is 12.1 Å². The van der Waals surface area contributed by atoms with Crippen LogP contribution < -0.4 is 10.7 Å². The van der Waals surface area contributed by atoms with Gasteiger partial charge >= 0.3 is 11.8 Å². The van der Waals surface area contributed by atoms with Gasteiger partial charge in [-0.1, -0.05) is 41.5 Å². The number of phenols is 1. The van der Waals surface area contributed by atoms with E-state index in [1.165, 1.54) is 12.5 Å². The van der Waals surface area contributed by atoms with Crippen LogP contribution in [0.1, 0.15) is 64.0 Å². The van der Waals surface area contributed by atoms with E-state index in [2.05, 4.69) is 15.8 Å². The quantitative estimate of drug-likeness (QED) is 0.417. The van der Waals surface area contributed by atoms with Crippen LogP contribution in [0.15, 0.2) is 40.0 Å². The van der Waals surface area contributed by atoms with Crippen molar-refractivity contribution in [3.8, 4) is 5.75 Å². The molecule has 0 bridgehead atoms. The lowest BCUT2D eigenvalue weighted by atomic mass is 9.78. The van der Waals surface area contributed by atoms with Crippen LogP contribution in [-0.2, 0) is 27.0 Å². The number of carbonyl (C=O) groups is 2. The van der Waals surface area contributed by atoms with E-state index < -0.39 is 11.8 Å². The summed E-state index contributed by atoms with van der Waals surface area (Å²) in [6.45, 7) is 12.2. The van der Waals surface area contributed by atoms with E-state index in [0.717, 1.165) is 11.1 Å². The largest absolute Gasteiger partial charge is 0.507 e. The van der Waals surface area contributed by atoms with Crippen LogP contribution in [0.4, 0.5) is 0 Å². The smallest absolute Gasteiger partial charge is 0.329 e. The summed E-state index contributed by atoms with van der Waals surface area (Å²) in [4.78, 5) is 23.7. The Morgan fingerprint density at radius 1 is 1.07 bits per heavy atom. The number of hydrazone groups is 1. The van der Waals surface area contributed by atoms with Crippen molar-refractivity contribution in [1.82, 2.24) is 10.7 Å².